The van der Waals surface area contributed by atoms with Crippen molar-refractivity contribution in [1.29, 1.82) is 0 Å². The molecule has 2 aromatic heterocycles. The first-order chi connectivity index (χ1) is 12.5. The van der Waals surface area contributed by atoms with Gasteiger partial charge in [-0.25, -0.2) is 9.67 Å². The predicted molar refractivity (Wildman–Crippen MR) is 99.4 cm³/mol. The maximum atomic E-state index is 12.9. The Morgan fingerprint density at radius 3 is 2.77 bits per heavy atom. The third-order valence-electron chi connectivity index (χ3n) is 4.86. The second-order valence-corrected chi connectivity index (χ2v) is 7.11. The van der Waals surface area contributed by atoms with Crippen LogP contribution in [0.1, 0.15) is 30.6 Å². The molecule has 0 unspecified atom stereocenters. The molecule has 7 nitrogen and oxygen atoms in total. The first-order valence-corrected chi connectivity index (χ1v) is 9.31. The summed E-state index contributed by atoms with van der Waals surface area (Å²) in [5, 5.41) is 4.38. The fourth-order valence-electron chi connectivity index (χ4n) is 3.48. The number of amides is 1. The summed E-state index contributed by atoms with van der Waals surface area (Å²) in [6, 6.07) is 4.07. The van der Waals surface area contributed by atoms with Gasteiger partial charge in [-0.15, -0.1) is 0 Å². The third kappa shape index (κ3) is 4.66. The van der Waals surface area contributed by atoms with Crippen molar-refractivity contribution in [2.75, 3.05) is 26.2 Å². The van der Waals surface area contributed by atoms with Gasteiger partial charge in [0.2, 0.25) is 5.91 Å². The summed E-state index contributed by atoms with van der Waals surface area (Å²) in [6.45, 7) is 10.8. The zero-order valence-electron chi connectivity index (χ0n) is 15.9. The molecule has 0 bridgehead atoms. The molecule has 1 saturated heterocycles. The number of aromatic nitrogens is 4. The van der Waals surface area contributed by atoms with Gasteiger partial charge in [0.1, 0.15) is 11.6 Å². The quantitative estimate of drug-likeness (QED) is 0.815. The van der Waals surface area contributed by atoms with Crippen molar-refractivity contribution in [1.82, 2.24) is 29.5 Å². The topological polar surface area (TPSA) is 67.2 Å². The normalized spacial score (nSPS) is 17.1. The molecule has 2 aromatic rings. The van der Waals surface area contributed by atoms with Crippen molar-refractivity contribution in [2.45, 2.75) is 40.3 Å². The number of nitrogens with zero attached hydrogens (tertiary/aromatic N) is 6. The van der Waals surface area contributed by atoms with Gasteiger partial charge in [0.25, 0.3) is 0 Å². The zero-order valence-corrected chi connectivity index (χ0v) is 15.9. The van der Waals surface area contributed by atoms with Gasteiger partial charge < -0.3 is 4.90 Å². The van der Waals surface area contributed by atoms with Gasteiger partial charge in [0, 0.05) is 45.1 Å². The highest BCUT2D eigenvalue weighted by atomic mass is 16.2. The molecule has 0 aliphatic carbocycles. The van der Waals surface area contributed by atoms with Gasteiger partial charge in [0.15, 0.2) is 0 Å². The smallest absolute Gasteiger partial charge is 0.227 e. The van der Waals surface area contributed by atoms with Gasteiger partial charge >= 0.3 is 0 Å². The van der Waals surface area contributed by atoms with Gasteiger partial charge in [0.05, 0.1) is 12.5 Å². The van der Waals surface area contributed by atoms with E-state index in [2.05, 4.69) is 26.0 Å². The molecule has 140 valence electrons. The van der Waals surface area contributed by atoms with Crippen LogP contribution in [0.25, 0.3) is 0 Å². The molecule has 3 rings (SSSR count). The largest absolute Gasteiger partial charge is 0.341 e. The molecule has 26 heavy (non-hydrogen) atoms. The van der Waals surface area contributed by atoms with Crippen LogP contribution in [-0.4, -0.2) is 61.6 Å². The number of carbonyl (C=O) groups is 1. The highest BCUT2D eigenvalue weighted by molar-refractivity contribution is 5.78. The average Bonchev–Trinajstić information content (AvgIpc) is 2.82. The lowest BCUT2D eigenvalue weighted by Gasteiger charge is -2.25. The number of rotatable bonds is 5. The van der Waals surface area contributed by atoms with Crippen molar-refractivity contribution in [2.24, 2.45) is 5.92 Å². The Kier molecular flexibility index (Phi) is 5.98. The monoisotopic (exact) mass is 356 g/mol. The molecule has 0 N–H and O–H groups in total. The van der Waals surface area contributed by atoms with Crippen LogP contribution in [0, 0.1) is 19.8 Å². The summed E-state index contributed by atoms with van der Waals surface area (Å²) >= 11 is 0. The minimum absolute atomic E-state index is 0.0975. The first-order valence-electron chi connectivity index (χ1n) is 9.31. The van der Waals surface area contributed by atoms with Gasteiger partial charge in [-0.1, -0.05) is 13.0 Å². The van der Waals surface area contributed by atoms with Crippen LogP contribution in [0.3, 0.4) is 0 Å². The number of aryl methyl sites for hydroxylation is 2. The number of hydrogen-bond donors (Lipinski definition) is 0. The molecule has 7 heteroatoms. The predicted octanol–water partition coefficient (Wildman–Crippen LogP) is 1.66. The van der Waals surface area contributed by atoms with E-state index >= 15 is 0 Å². The molecule has 1 fully saturated rings. The lowest BCUT2D eigenvalue weighted by atomic mass is 10.1. The summed E-state index contributed by atoms with van der Waals surface area (Å²) < 4.78 is 1.84. The maximum Gasteiger partial charge on any atom is 0.227 e. The molecule has 0 spiro atoms. The van der Waals surface area contributed by atoms with E-state index in [1.165, 1.54) is 5.56 Å². The van der Waals surface area contributed by atoms with Crippen molar-refractivity contribution in [3.05, 3.63) is 41.7 Å². The zero-order chi connectivity index (χ0) is 18.5. The molecule has 1 atom stereocenters. The highest BCUT2D eigenvalue weighted by Gasteiger charge is 2.24. The summed E-state index contributed by atoms with van der Waals surface area (Å²) in [7, 11) is 0. The van der Waals surface area contributed by atoms with Crippen LogP contribution >= 0.6 is 0 Å². The van der Waals surface area contributed by atoms with E-state index in [1.54, 1.807) is 6.20 Å². The molecular weight excluding hydrogens is 328 g/mol. The lowest BCUT2D eigenvalue weighted by molar-refractivity contribution is -0.135. The van der Waals surface area contributed by atoms with Crippen molar-refractivity contribution < 1.29 is 4.79 Å². The SMILES string of the molecule is Cc1nc(C)n(C[C@H](C)C(=O)N2CCCN(Cc3cccnc3)CC2)n1. The third-order valence-corrected chi connectivity index (χ3v) is 4.86. The molecule has 0 aromatic carbocycles. The summed E-state index contributed by atoms with van der Waals surface area (Å²) in [5.74, 6) is 1.73. The number of carbonyl (C=O) groups excluding carboxylic acids is 1. The molecule has 1 aliphatic heterocycles. The Hall–Kier alpha value is -2.28. The molecule has 1 amide bonds. The van der Waals surface area contributed by atoms with Crippen LogP contribution in [-0.2, 0) is 17.9 Å². The van der Waals surface area contributed by atoms with Gasteiger partial charge in [-0.05, 0) is 31.9 Å². The Bertz CT molecular complexity index is 729. The summed E-state index contributed by atoms with van der Waals surface area (Å²) in [6.07, 6.45) is 4.71. The Morgan fingerprint density at radius 2 is 2.08 bits per heavy atom. The van der Waals surface area contributed by atoms with Gasteiger partial charge in [-0.3, -0.25) is 14.7 Å². The number of pyridine rings is 1. The van der Waals surface area contributed by atoms with E-state index in [4.69, 9.17) is 0 Å². The Labute approximate surface area is 155 Å². The van der Waals surface area contributed by atoms with Crippen molar-refractivity contribution in [3.8, 4) is 0 Å². The standard InChI is InChI=1S/C19H28N6O/c1-15(13-25-17(3)21-16(2)22-25)19(26)24-9-5-8-23(10-11-24)14-18-6-4-7-20-12-18/h4,6-7,12,15H,5,8-11,13-14H2,1-3H3/t15-/m0/s1. The fraction of sp³-hybridized carbons (Fsp3) is 0.579. The maximum absolute atomic E-state index is 12.9. The van der Waals surface area contributed by atoms with E-state index < -0.39 is 0 Å². The fourth-order valence-corrected chi connectivity index (χ4v) is 3.48. The van der Waals surface area contributed by atoms with Crippen molar-refractivity contribution in [3.63, 3.8) is 0 Å². The van der Waals surface area contributed by atoms with E-state index in [-0.39, 0.29) is 11.8 Å². The molecule has 0 radical (unpaired) electrons. The van der Waals surface area contributed by atoms with E-state index in [0.29, 0.717) is 6.54 Å². The first kappa shape index (κ1) is 18.5. The van der Waals surface area contributed by atoms with E-state index in [0.717, 1.165) is 50.8 Å². The molecule has 1 aliphatic rings. The lowest BCUT2D eigenvalue weighted by Crippen LogP contribution is -2.39. The summed E-state index contributed by atoms with van der Waals surface area (Å²) in [5.41, 5.74) is 1.22. The minimum Gasteiger partial charge on any atom is -0.341 e. The number of hydrogen-bond acceptors (Lipinski definition) is 5. The van der Waals surface area contributed by atoms with Crippen LogP contribution in [0.2, 0.25) is 0 Å². The van der Waals surface area contributed by atoms with Crippen LogP contribution in [0.4, 0.5) is 0 Å². The second-order valence-electron chi connectivity index (χ2n) is 7.11. The average molecular weight is 356 g/mol. The molecule has 0 saturated carbocycles. The van der Waals surface area contributed by atoms with Crippen LogP contribution in [0.5, 0.6) is 0 Å². The Morgan fingerprint density at radius 1 is 1.23 bits per heavy atom. The Balaban J connectivity index is 1.54. The van der Waals surface area contributed by atoms with Crippen LogP contribution < -0.4 is 0 Å². The van der Waals surface area contributed by atoms with E-state index in [1.807, 2.05) is 42.6 Å². The van der Waals surface area contributed by atoms with Gasteiger partial charge in [-0.2, -0.15) is 5.10 Å². The highest BCUT2D eigenvalue weighted by Crippen LogP contribution is 2.12. The summed E-state index contributed by atoms with van der Waals surface area (Å²) in [4.78, 5) is 25.8. The molecular formula is C19H28N6O. The minimum atomic E-state index is -0.0975. The van der Waals surface area contributed by atoms with Crippen LogP contribution in [0.15, 0.2) is 24.5 Å². The second kappa shape index (κ2) is 8.40. The van der Waals surface area contributed by atoms with Crippen molar-refractivity contribution >= 4 is 5.91 Å². The van der Waals surface area contributed by atoms with E-state index in [9.17, 15) is 4.79 Å². The molecule has 3 heterocycles.